The van der Waals surface area contributed by atoms with E-state index in [4.69, 9.17) is 4.74 Å². The predicted molar refractivity (Wildman–Crippen MR) is 66.8 cm³/mol. The molecule has 1 aromatic carbocycles. The lowest BCUT2D eigenvalue weighted by Gasteiger charge is -1.99. The molecule has 0 unspecified atom stereocenters. The Morgan fingerprint density at radius 3 is 2.82 bits per heavy atom. The normalized spacial score (nSPS) is 10.6. The summed E-state index contributed by atoms with van der Waals surface area (Å²) in [5, 5.41) is 6.26. The third-order valence-electron chi connectivity index (χ3n) is 2.24. The van der Waals surface area contributed by atoms with Crippen LogP contribution in [0.2, 0.25) is 0 Å². The van der Waals surface area contributed by atoms with Gasteiger partial charge in [-0.2, -0.15) is 5.10 Å². The maximum absolute atomic E-state index is 10.8. The molecule has 0 aliphatic carbocycles. The Kier molecular flexibility index (Phi) is 3.35. The first-order valence-corrected chi connectivity index (χ1v) is 5.16. The quantitative estimate of drug-likeness (QED) is 0.873. The van der Waals surface area contributed by atoms with Crippen LogP contribution in [0.15, 0.2) is 41.2 Å². The van der Waals surface area contributed by atoms with Crippen molar-refractivity contribution in [3.05, 3.63) is 58.0 Å². The van der Waals surface area contributed by atoms with Gasteiger partial charge in [-0.05, 0) is 29.8 Å². The van der Waals surface area contributed by atoms with Gasteiger partial charge in [0, 0.05) is 6.07 Å². The van der Waals surface area contributed by atoms with E-state index in [1.54, 1.807) is 13.2 Å². The van der Waals surface area contributed by atoms with E-state index in [0.29, 0.717) is 5.69 Å². The molecular formula is C13H12N2O2. The van der Waals surface area contributed by atoms with Crippen molar-refractivity contribution in [2.75, 3.05) is 7.11 Å². The molecule has 0 fully saturated rings. The molecule has 2 aromatic rings. The number of rotatable bonds is 3. The Bertz CT molecular complexity index is 567. The molecule has 0 radical (unpaired) electrons. The first kappa shape index (κ1) is 11.1. The number of hydrogen-bond acceptors (Lipinski definition) is 3. The first-order valence-electron chi connectivity index (χ1n) is 5.16. The summed E-state index contributed by atoms with van der Waals surface area (Å²) in [5.41, 5.74) is 1.51. The van der Waals surface area contributed by atoms with E-state index in [9.17, 15) is 4.79 Å². The largest absolute Gasteiger partial charge is 0.497 e. The van der Waals surface area contributed by atoms with Gasteiger partial charge in [0.05, 0.1) is 12.8 Å². The smallest absolute Gasteiger partial charge is 0.264 e. The summed E-state index contributed by atoms with van der Waals surface area (Å²) in [6.45, 7) is 0. The zero-order valence-electron chi connectivity index (χ0n) is 9.38. The van der Waals surface area contributed by atoms with Crippen molar-refractivity contribution in [3.8, 4) is 5.75 Å². The summed E-state index contributed by atoms with van der Waals surface area (Å²) in [6, 6.07) is 10.8. The van der Waals surface area contributed by atoms with Gasteiger partial charge in [0.2, 0.25) is 0 Å². The maximum atomic E-state index is 10.8. The Morgan fingerprint density at radius 1 is 1.24 bits per heavy atom. The topological polar surface area (TPSA) is 55.0 Å². The van der Waals surface area contributed by atoms with Crippen molar-refractivity contribution in [2.45, 2.75) is 0 Å². The number of H-pyrrole nitrogens is 1. The molecular weight excluding hydrogens is 216 g/mol. The van der Waals surface area contributed by atoms with Crippen molar-refractivity contribution in [1.82, 2.24) is 10.2 Å². The number of ether oxygens (including phenoxy) is 1. The molecule has 1 heterocycles. The number of nitrogens with zero attached hydrogens (tertiary/aromatic N) is 1. The van der Waals surface area contributed by atoms with Crippen molar-refractivity contribution in [3.63, 3.8) is 0 Å². The summed E-state index contributed by atoms with van der Waals surface area (Å²) in [5.74, 6) is 0.807. The fourth-order valence-corrected chi connectivity index (χ4v) is 1.37. The Hall–Kier alpha value is -2.36. The van der Waals surface area contributed by atoms with Gasteiger partial charge < -0.3 is 4.74 Å². The van der Waals surface area contributed by atoms with E-state index in [0.717, 1.165) is 11.3 Å². The van der Waals surface area contributed by atoms with Crippen LogP contribution in [0.4, 0.5) is 0 Å². The second-order valence-electron chi connectivity index (χ2n) is 3.46. The molecule has 2 rings (SSSR count). The average Bonchev–Trinajstić information content (AvgIpc) is 2.38. The standard InChI is InChI=1S/C13H12N2O2/c1-17-12-4-2-3-10(9-12)5-6-11-7-8-13(16)15-14-11/h2-9H,1H3,(H,15,16). The Labute approximate surface area is 98.6 Å². The van der Waals surface area contributed by atoms with Gasteiger partial charge in [0.25, 0.3) is 5.56 Å². The molecule has 0 aliphatic heterocycles. The highest BCUT2D eigenvalue weighted by atomic mass is 16.5. The number of hydrogen-bond donors (Lipinski definition) is 1. The minimum absolute atomic E-state index is 0.205. The van der Waals surface area contributed by atoms with Crippen LogP contribution in [0, 0.1) is 0 Å². The highest BCUT2D eigenvalue weighted by Crippen LogP contribution is 2.14. The van der Waals surface area contributed by atoms with Gasteiger partial charge in [-0.3, -0.25) is 4.79 Å². The van der Waals surface area contributed by atoms with Gasteiger partial charge in [-0.25, -0.2) is 5.10 Å². The highest BCUT2D eigenvalue weighted by molar-refractivity contribution is 5.68. The molecule has 0 amide bonds. The molecule has 0 atom stereocenters. The fraction of sp³-hybridized carbons (Fsp3) is 0.0769. The van der Waals surface area contributed by atoms with Crippen LogP contribution in [0.1, 0.15) is 11.3 Å². The van der Waals surface area contributed by atoms with E-state index < -0.39 is 0 Å². The zero-order valence-corrected chi connectivity index (χ0v) is 9.38. The third kappa shape index (κ3) is 3.04. The van der Waals surface area contributed by atoms with Crippen molar-refractivity contribution >= 4 is 12.2 Å². The van der Waals surface area contributed by atoms with E-state index in [2.05, 4.69) is 10.2 Å². The van der Waals surface area contributed by atoms with Crippen molar-refractivity contribution < 1.29 is 4.74 Å². The number of benzene rings is 1. The highest BCUT2D eigenvalue weighted by Gasteiger charge is 1.92. The van der Waals surface area contributed by atoms with Gasteiger partial charge >= 0.3 is 0 Å². The van der Waals surface area contributed by atoms with E-state index in [1.807, 2.05) is 36.4 Å². The van der Waals surface area contributed by atoms with Crippen LogP contribution in [0.3, 0.4) is 0 Å². The molecule has 4 heteroatoms. The van der Waals surface area contributed by atoms with Crippen molar-refractivity contribution in [2.24, 2.45) is 0 Å². The van der Waals surface area contributed by atoms with Crippen LogP contribution in [-0.2, 0) is 0 Å². The minimum Gasteiger partial charge on any atom is -0.497 e. The SMILES string of the molecule is COc1cccc(C=Cc2ccc(=O)[nH]n2)c1. The number of aromatic amines is 1. The Morgan fingerprint density at radius 2 is 2.12 bits per heavy atom. The van der Waals surface area contributed by atoms with Crippen LogP contribution in [0.25, 0.3) is 12.2 Å². The Balaban J connectivity index is 2.19. The van der Waals surface area contributed by atoms with Crippen LogP contribution >= 0.6 is 0 Å². The van der Waals surface area contributed by atoms with Crippen LogP contribution in [0.5, 0.6) is 5.75 Å². The molecule has 0 spiro atoms. The van der Waals surface area contributed by atoms with Gasteiger partial charge in [-0.1, -0.05) is 18.2 Å². The summed E-state index contributed by atoms with van der Waals surface area (Å²) in [6.07, 6.45) is 3.73. The molecule has 1 aromatic heterocycles. The van der Waals surface area contributed by atoms with E-state index in [1.165, 1.54) is 6.07 Å². The molecule has 0 bridgehead atoms. The minimum atomic E-state index is -0.205. The van der Waals surface area contributed by atoms with E-state index in [-0.39, 0.29) is 5.56 Å². The van der Waals surface area contributed by atoms with Crippen molar-refractivity contribution in [1.29, 1.82) is 0 Å². The lowest BCUT2D eigenvalue weighted by molar-refractivity contribution is 0.414. The van der Waals surface area contributed by atoms with E-state index >= 15 is 0 Å². The zero-order chi connectivity index (χ0) is 12.1. The fourth-order valence-electron chi connectivity index (χ4n) is 1.37. The second kappa shape index (κ2) is 5.12. The second-order valence-corrected chi connectivity index (χ2v) is 3.46. The third-order valence-corrected chi connectivity index (χ3v) is 2.24. The molecule has 0 saturated carbocycles. The lowest BCUT2D eigenvalue weighted by atomic mass is 10.2. The summed E-state index contributed by atoms with van der Waals surface area (Å²) >= 11 is 0. The predicted octanol–water partition coefficient (Wildman–Crippen LogP) is 1.95. The van der Waals surface area contributed by atoms with Crippen LogP contribution < -0.4 is 10.3 Å². The van der Waals surface area contributed by atoms with Gasteiger partial charge in [0.1, 0.15) is 5.75 Å². The maximum Gasteiger partial charge on any atom is 0.264 e. The monoisotopic (exact) mass is 228 g/mol. The summed E-state index contributed by atoms with van der Waals surface area (Å²) in [7, 11) is 1.63. The van der Waals surface area contributed by atoms with Gasteiger partial charge in [0.15, 0.2) is 0 Å². The lowest BCUT2D eigenvalue weighted by Crippen LogP contribution is -2.05. The van der Waals surface area contributed by atoms with Crippen LogP contribution in [-0.4, -0.2) is 17.3 Å². The summed E-state index contributed by atoms with van der Waals surface area (Å²) < 4.78 is 5.13. The number of nitrogens with one attached hydrogen (secondary N) is 1. The number of methoxy groups -OCH3 is 1. The molecule has 0 saturated heterocycles. The molecule has 0 aliphatic rings. The average molecular weight is 228 g/mol. The molecule has 17 heavy (non-hydrogen) atoms. The molecule has 1 N–H and O–H groups in total. The summed E-state index contributed by atoms with van der Waals surface area (Å²) in [4.78, 5) is 10.8. The van der Waals surface area contributed by atoms with Gasteiger partial charge in [-0.15, -0.1) is 0 Å². The molecule has 86 valence electrons. The number of aromatic nitrogens is 2. The molecule has 4 nitrogen and oxygen atoms in total. The first-order chi connectivity index (χ1) is 8.28.